The second kappa shape index (κ2) is 6.70. The normalized spacial score (nSPS) is 11.3. The molecule has 1 heterocycles. The summed E-state index contributed by atoms with van der Waals surface area (Å²) < 4.78 is 28.4. The second-order valence-electron chi connectivity index (χ2n) is 5.32. The first-order valence-electron chi connectivity index (χ1n) is 7.28. The Labute approximate surface area is 149 Å². The Bertz CT molecular complexity index is 1060. The summed E-state index contributed by atoms with van der Waals surface area (Å²) in [6.07, 6.45) is 0. The molecule has 0 aliphatic carbocycles. The molecule has 0 unspecified atom stereocenters. The van der Waals surface area contributed by atoms with E-state index in [-0.39, 0.29) is 10.5 Å². The molecule has 0 saturated heterocycles. The molecule has 1 aromatic heterocycles. The zero-order valence-corrected chi connectivity index (χ0v) is 14.8. The zero-order chi connectivity index (χ0) is 18.0. The van der Waals surface area contributed by atoms with E-state index in [4.69, 9.17) is 11.6 Å². The molecule has 2 aromatic carbocycles. The average molecular weight is 376 g/mol. The van der Waals surface area contributed by atoms with Gasteiger partial charge in [0.2, 0.25) is 0 Å². The van der Waals surface area contributed by atoms with Gasteiger partial charge in [-0.05, 0) is 42.5 Å². The highest BCUT2D eigenvalue weighted by atomic mass is 35.5. The predicted octanol–water partition coefficient (Wildman–Crippen LogP) is 2.90. The van der Waals surface area contributed by atoms with Crippen molar-refractivity contribution in [1.82, 2.24) is 9.78 Å². The van der Waals surface area contributed by atoms with E-state index in [0.29, 0.717) is 16.4 Å². The van der Waals surface area contributed by atoms with Crippen molar-refractivity contribution in [2.75, 3.05) is 4.72 Å². The molecule has 0 spiro atoms. The lowest BCUT2D eigenvalue weighted by molar-refractivity contribution is 0.601. The third kappa shape index (κ3) is 3.89. The summed E-state index contributed by atoms with van der Waals surface area (Å²) in [5, 5.41) is 4.62. The Morgan fingerprint density at radius 3 is 2.20 bits per heavy atom. The fourth-order valence-corrected chi connectivity index (χ4v) is 3.38. The molecule has 0 saturated carbocycles. The highest BCUT2D eigenvalue weighted by Gasteiger charge is 2.14. The van der Waals surface area contributed by atoms with Crippen LogP contribution in [0.2, 0.25) is 5.02 Å². The van der Waals surface area contributed by atoms with Gasteiger partial charge in [-0.25, -0.2) is 13.1 Å². The van der Waals surface area contributed by atoms with Gasteiger partial charge in [0.1, 0.15) is 0 Å². The number of nitrogens with one attached hydrogen (secondary N) is 1. The summed E-state index contributed by atoms with van der Waals surface area (Å²) in [7, 11) is -2.12. The van der Waals surface area contributed by atoms with Crippen LogP contribution in [0.5, 0.6) is 0 Å². The minimum absolute atomic E-state index is 0.126. The monoisotopic (exact) mass is 375 g/mol. The van der Waals surface area contributed by atoms with Gasteiger partial charge in [0.05, 0.1) is 10.6 Å². The highest BCUT2D eigenvalue weighted by molar-refractivity contribution is 7.92. The minimum atomic E-state index is -3.69. The Kier molecular flexibility index (Phi) is 4.61. The van der Waals surface area contributed by atoms with Crippen LogP contribution in [0, 0.1) is 0 Å². The number of halogens is 1. The number of hydrogen-bond acceptors (Lipinski definition) is 4. The van der Waals surface area contributed by atoms with Crippen LogP contribution in [0.4, 0.5) is 5.69 Å². The average Bonchev–Trinajstić information content (AvgIpc) is 2.58. The number of anilines is 1. The minimum Gasteiger partial charge on any atom is -0.280 e. The molecule has 6 nitrogen and oxygen atoms in total. The molecule has 0 bridgehead atoms. The summed E-state index contributed by atoms with van der Waals surface area (Å²) in [6, 6.07) is 15.7. The third-order valence-corrected chi connectivity index (χ3v) is 5.17. The van der Waals surface area contributed by atoms with E-state index in [9.17, 15) is 13.2 Å². The van der Waals surface area contributed by atoms with Crippen LogP contribution >= 0.6 is 11.6 Å². The van der Waals surface area contributed by atoms with Crippen molar-refractivity contribution in [3.8, 4) is 11.3 Å². The van der Waals surface area contributed by atoms with Crippen molar-refractivity contribution in [3.05, 3.63) is 76.0 Å². The number of nitrogens with zero attached hydrogens (tertiary/aromatic N) is 2. The van der Waals surface area contributed by atoms with E-state index < -0.39 is 10.0 Å². The predicted molar refractivity (Wildman–Crippen MR) is 97.2 cm³/mol. The van der Waals surface area contributed by atoms with Crippen LogP contribution < -0.4 is 10.3 Å². The van der Waals surface area contributed by atoms with Crippen LogP contribution in [0.25, 0.3) is 11.3 Å². The van der Waals surface area contributed by atoms with Crippen LogP contribution in [0.15, 0.2) is 70.4 Å². The van der Waals surface area contributed by atoms with Crippen molar-refractivity contribution < 1.29 is 8.42 Å². The molecule has 1 N–H and O–H groups in total. The Balaban J connectivity index is 1.84. The van der Waals surface area contributed by atoms with E-state index in [1.807, 2.05) is 0 Å². The molecule has 8 heteroatoms. The molecule has 3 aromatic rings. The van der Waals surface area contributed by atoms with E-state index in [1.54, 1.807) is 37.4 Å². The van der Waals surface area contributed by atoms with Crippen LogP contribution in [-0.4, -0.2) is 18.2 Å². The first kappa shape index (κ1) is 17.2. The molecule has 128 valence electrons. The van der Waals surface area contributed by atoms with Gasteiger partial charge in [-0.3, -0.25) is 9.52 Å². The largest absolute Gasteiger partial charge is 0.280 e. The Morgan fingerprint density at radius 1 is 0.960 bits per heavy atom. The number of benzene rings is 2. The highest BCUT2D eigenvalue weighted by Crippen LogP contribution is 2.21. The number of rotatable bonds is 4. The molecule has 0 aliphatic heterocycles. The van der Waals surface area contributed by atoms with Gasteiger partial charge >= 0.3 is 0 Å². The summed E-state index contributed by atoms with van der Waals surface area (Å²) in [4.78, 5) is 11.5. The SMILES string of the molecule is Cn1nc(-c2ccc(NS(=O)(=O)c3ccc(Cl)cc3)cc2)ccc1=O. The fraction of sp³-hybridized carbons (Fsp3) is 0.0588. The molecule has 0 fully saturated rings. The van der Waals surface area contributed by atoms with Crippen LogP contribution in [-0.2, 0) is 17.1 Å². The molecule has 0 aliphatic rings. The molecule has 25 heavy (non-hydrogen) atoms. The molecular weight excluding hydrogens is 362 g/mol. The van der Waals surface area contributed by atoms with Crippen molar-refractivity contribution in [3.63, 3.8) is 0 Å². The lowest BCUT2D eigenvalue weighted by Crippen LogP contribution is -2.18. The van der Waals surface area contributed by atoms with Gasteiger partial charge in [-0.1, -0.05) is 23.7 Å². The van der Waals surface area contributed by atoms with E-state index in [1.165, 1.54) is 35.0 Å². The molecule has 0 amide bonds. The maximum absolute atomic E-state index is 12.3. The fourth-order valence-electron chi connectivity index (χ4n) is 2.19. The second-order valence-corrected chi connectivity index (χ2v) is 7.44. The topological polar surface area (TPSA) is 81.1 Å². The van der Waals surface area contributed by atoms with Crippen molar-refractivity contribution >= 4 is 27.3 Å². The van der Waals surface area contributed by atoms with Gasteiger partial charge in [-0.15, -0.1) is 0 Å². The number of aryl methyl sites for hydroxylation is 1. The van der Waals surface area contributed by atoms with Gasteiger partial charge in [-0.2, -0.15) is 5.10 Å². The first-order valence-corrected chi connectivity index (χ1v) is 9.14. The Morgan fingerprint density at radius 2 is 1.60 bits per heavy atom. The van der Waals surface area contributed by atoms with Crippen LogP contribution in [0.1, 0.15) is 0 Å². The summed E-state index contributed by atoms with van der Waals surface area (Å²) >= 11 is 5.78. The molecular formula is C17H14ClN3O3S. The number of hydrogen-bond donors (Lipinski definition) is 1. The van der Waals surface area contributed by atoms with Crippen molar-refractivity contribution in [2.45, 2.75) is 4.90 Å². The van der Waals surface area contributed by atoms with Gasteiger partial charge in [0.25, 0.3) is 15.6 Å². The lowest BCUT2D eigenvalue weighted by atomic mass is 10.1. The maximum atomic E-state index is 12.3. The number of aromatic nitrogens is 2. The van der Waals surface area contributed by atoms with Gasteiger partial charge in [0, 0.05) is 29.4 Å². The quantitative estimate of drug-likeness (QED) is 0.760. The maximum Gasteiger partial charge on any atom is 0.266 e. The van der Waals surface area contributed by atoms with Gasteiger partial charge in [0.15, 0.2) is 0 Å². The van der Waals surface area contributed by atoms with Gasteiger partial charge < -0.3 is 0 Å². The third-order valence-electron chi connectivity index (χ3n) is 3.52. The molecule has 0 radical (unpaired) electrons. The molecule has 3 rings (SSSR count). The Hall–Kier alpha value is -2.64. The summed E-state index contributed by atoms with van der Waals surface area (Å²) in [6.45, 7) is 0. The van der Waals surface area contributed by atoms with Crippen LogP contribution in [0.3, 0.4) is 0 Å². The summed E-state index contributed by atoms with van der Waals surface area (Å²) in [5.41, 5.74) is 1.61. The first-order chi connectivity index (χ1) is 11.8. The molecule has 0 atom stereocenters. The zero-order valence-electron chi connectivity index (χ0n) is 13.2. The van der Waals surface area contributed by atoms with E-state index in [2.05, 4.69) is 9.82 Å². The van der Waals surface area contributed by atoms with Crippen molar-refractivity contribution in [1.29, 1.82) is 0 Å². The van der Waals surface area contributed by atoms with Crippen molar-refractivity contribution in [2.24, 2.45) is 7.05 Å². The standard InChI is InChI=1S/C17H14ClN3O3S/c1-21-17(22)11-10-16(19-21)12-2-6-14(7-3-12)20-25(23,24)15-8-4-13(18)5-9-15/h2-11,20H,1H3. The smallest absolute Gasteiger partial charge is 0.266 e. The summed E-state index contributed by atoms with van der Waals surface area (Å²) in [5.74, 6) is 0. The lowest BCUT2D eigenvalue weighted by Gasteiger charge is -2.09. The van der Waals surface area contributed by atoms with E-state index in [0.717, 1.165) is 5.56 Å². The van der Waals surface area contributed by atoms with E-state index >= 15 is 0 Å². The number of sulfonamides is 1.